The van der Waals surface area contributed by atoms with Gasteiger partial charge in [0.05, 0.1) is 10.0 Å². The summed E-state index contributed by atoms with van der Waals surface area (Å²) in [4.78, 5) is 1.60. The highest BCUT2D eigenvalue weighted by atomic mass is 35.5. The lowest BCUT2D eigenvalue weighted by atomic mass is 10.1. The number of hydrogen-bond donors (Lipinski definition) is 0. The first-order chi connectivity index (χ1) is 18.7. The molecule has 38 heavy (non-hydrogen) atoms. The van der Waals surface area contributed by atoms with Crippen LogP contribution in [0, 0.1) is 0 Å². The Balaban J connectivity index is 0.948. The molecule has 0 bridgehead atoms. The van der Waals surface area contributed by atoms with Gasteiger partial charge in [-0.25, -0.2) is 0 Å². The van der Waals surface area contributed by atoms with Crippen LogP contribution in [0.3, 0.4) is 0 Å². The first-order valence-corrected chi connectivity index (χ1v) is 15.0. The summed E-state index contributed by atoms with van der Waals surface area (Å²) in [6, 6.07) is 15.5. The lowest BCUT2D eigenvalue weighted by molar-refractivity contribution is 0.578. The molecule has 6 rings (SSSR count). The number of halogens is 2. The van der Waals surface area contributed by atoms with Crippen LogP contribution in [0.25, 0.3) is 31.1 Å². The van der Waals surface area contributed by atoms with E-state index in [1.54, 1.807) is 0 Å². The van der Waals surface area contributed by atoms with Crippen LogP contribution in [0.5, 0.6) is 0 Å². The maximum Gasteiger partial charge on any atom is 0.234 e. The normalized spacial score (nSPS) is 11.7. The zero-order chi connectivity index (χ0) is 25.9. The van der Waals surface area contributed by atoms with E-state index in [2.05, 4.69) is 20.4 Å². The molecule has 0 aliphatic rings. The van der Waals surface area contributed by atoms with E-state index in [1.807, 2.05) is 57.6 Å². The van der Waals surface area contributed by atoms with E-state index >= 15 is 0 Å². The summed E-state index contributed by atoms with van der Waals surface area (Å²) in [7, 11) is 0. The first-order valence-electron chi connectivity index (χ1n) is 12.6. The molecule has 0 N–H and O–H groups in total. The lowest BCUT2D eigenvalue weighted by Gasteiger charge is -2.01. The van der Waals surface area contributed by atoms with Gasteiger partial charge in [-0.15, -0.1) is 20.4 Å². The molecular weight excluding hydrogens is 559 g/mol. The molecule has 12 heteroatoms. The van der Waals surface area contributed by atoms with Gasteiger partial charge in [0.15, 0.2) is 11.6 Å². The Hall–Kier alpha value is -2.92. The minimum Gasteiger partial charge on any atom is -0.187 e. The third-order valence-electron chi connectivity index (χ3n) is 6.37. The molecule has 0 atom stereocenters. The predicted octanol–water partition coefficient (Wildman–Crippen LogP) is 7.45. The van der Waals surface area contributed by atoms with Gasteiger partial charge in [0.25, 0.3) is 0 Å². The summed E-state index contributed by atoms with van der Waals surface area (Å²) in [5.41, 5.74) is 1.86. The van der Waals surface area contributed by atoms with Gasteiger partial charge in [0.2, 0.25) is 9.92 Å². The summed E-state index contributed by atoms with van der Waals surface area (Å²) in [6.45, 7) is 0. The number of rotatable bonds is 11. The van der Waals surface area contributed by atoms with Crippen molar-refractivity contribution in [2.75, 3.05) is 0 Å². The fraction of sp³-hybridized carbons (Fsp3) is 0.308. The Bertz CT molecular complexity index is 1560. The van der Waals surface area contributed by atoms with E-state index in [0.717, 1.165) is 81.2 Å². The van der Waals surface area contributed by atoms with Crippen LogP contribution in [0.15, 0.2) is 48.5 Å². The SMILES string of the molecule is Clc1ccccc1-c1nn2c(CCCCCCCCc3nnc4sc(-c5ccccc5Cl)nn34)nnc2s1. The monoisotopic (exact) mass is 582 g/mol. The third kappa shape index (κ3) is 5.31. The second-order valence-corrected chi connectivity index (χ2v) is 11.7. The Morgan fingerprint density at radius 2 is 0.974 bits per heavy atom. The van der Waals surface area contributed by atoms with Crippen molar-refractivity contribution in [3.8, 4) is 21.1 Å². The van der Waals surface area contributed by atoms with Crippen LogP contribution < -0.4 is 0 Å². The quantitative estimate of drug-likeness (QED) is 0.147. The van der Waals surface area contributed by atoms with Crippen molar-refractivity contribution in [3.05, 3.63) is 70.2 Å². The van der Waals surface area contributed by atoms with E-state index < -0.39 is 0 Å². The smallest absolute Gasteiger partial charge is 0.187 e. The Morgan fingerprint density at radius 1 is 0.553 bits per heavy atom. The van der Waals surface area contributed by atoms with Crippen molar-refractivity contribution < 1.29 is 0 Å². The minimum absolute atomic E-state index is 0.695. The Kier molecular flexibility index (Phi) is 7.64. The number of aryl methyl sites for hydroxylation is 2. The van der Waals surface area contributed by atoms with Crippen LogP contribution in [0.4, 0.5) is 0 Å². The molecule has 8 nitrogen and oxygen atoms in total. The molecule has 0 fully saturated rings. The van der Waals surface area contributed by atoms with E-state index in [-0.39, 0.29) is 0 Å². The van der Waals surface area contributed by atoms with Crippen LogP contribution in [-0.2, 0) is 12.8 Å². The largest absolute Gasteiger partial charge is 0.234 e. The molecule has 0 saturated heterocycles. The molecule has 2 aromatic carbocycles. The highest BCUT2D eigenvalue weighted by Gasteiger charge is 2.16. The standard InChI is InChI=1S/C26H24Cl2N8S2/c27-19-13-9-7-11-17(19)23-33-35-21(29-31-25(35)37-23)15-5-3-1-2-4-6-16-22-30-32-26-36(22)34-24(38-26)18-12-8-10-14-20(18)28/h7-14H,1-6,15-16H2. The molecule has 0 spiro atoms. The molecule has 0 aliphatic carbocycles. The maximum atomic E-state index is 6.34. The molecule has 0 saturated carbocycles. The van der Waals surface area contributed by atoms with Gasteiger partial charge in [0.1, 0.15) is 10.0 Å². The van der Waals surface area contributed by atoms with Crippen LogP contribution in [0.1, 0.15) is 50.2 Å². The topological polar surface area (TPSA) is 86.2 Å². The van der Waals surface area contributed by atoms with Gasteiger partial charge in [-0.1, -0.05) is 108 Å². The molecule has 0 aliphatic heterocycles. The molecule has 0 amide bonds. The van der Waals surface area contributed by atoms with Gasteiger partial charge >= 0.3 is 0 Å². The summed E-state index contributed by atoms with van der Waals surface area (Å²) in [6.07, 6.45) is 8.53. The first kappa shape index (κ1) is 25.4. The van der Waals surface area contributed by atoms with Crippen molar-refractivity contribution in [2.24, 2.45) is 0 Å². The second-order valence-electron chi connectivity index (χ2n) is 9.02. The molecular formula is C26H24Cl2N8S2. The van der Waals surface area contributed by atoms with Gasteiger partial charge < -0.3 is 0 Å². The number of benzene rings is 2. The molecule has 0 radical (unpaired) electrons. The predicted molar refractivity (Wildman–Crippen MR) is 153 cm³/mol. The molecule has 4 aromatic heterocycles. The lowest BCUT2D eigenvalue weighted by Crippen LogP contribution is -1.97. The summed E-state index contributed by atoms with van der Waals surface area (Å²) in [5.74, 6) is 1.81. The van der Waals surface area contributed by atoms with Crippen molar-refractivity contribution >= 4 is 55.8 Å². The summed E-state index contributed by atoms with van der Waals surface area (Å²) in [5, 5.41) is 29.8. The fourth-order valence-electron chi connectivity index (χ4n) is 4.39. The van der Waals surface area contributed by atoms with Crippen molar-refractivity contribution in [2.45, 2.75) is 51.4 Å². The highest BCUT2D eigenvalue weighted by Crippen LogP contribution is 2.32. The number of aromatic nitrogens is 8. The third-order valence-corrected chi connectivity index (χ3v) is 8.89. The van der Waals surface area contributed by atoms with E-state index in [4.69, 9.17) is 33.4 Å². The number of nitrogens with zero attached hydrogens (tertiary/aromatic N) is 8. The van der Waals surface area contributed by atoms with Crippen LogP contribution in [-0.4, -0.2) is 39.6 Å². The van der Waals surface area contributed by atoms with E-state index in [0.29, 0.717) is 10.0 Å². The Labute approximate surface area is 237 Å². The summed E-state index contributed by atoms with van der Waals surface area (Å²) >= 11 is 15.7. The minimum atomic E-state index is 0.695. The average molecular weight is 584 g/mol. The fourth-order valence-corrected chi connectivity index (χ4v) is 6.74. The van der Waals surface area contributed by atoms with E-state index in [9.17, 15) is 0 Å². The second kappa shape index (κ2) is 11.4. The maximum absolute atomic E-state index is 6.34. The van der Waals surface area contributed by atoms with Gasteiger partial charge in [-0.05, 0) is 25.0 Å². The number of hydrogen-bond acceptors (Lipinski definition) is 8. The molecule has 4 heterocycles. The Morgan fingerprint density at radius 3 is 1.42 bits per heavy atom. The molecule has 6 aromatic rings. The number of unbranched alkanes of at least 4 members (excludes halogenated alkanes) is 5. The molecule has 0 unspecified atom stereocenters. The van der Waals surface area contributed by atoms with Crippen molar-refractivity contribution in [3.63, 3.8) is 0 Å². The summed E-state index contributed by atoms with van der Waals surface area (Å²) < 4.78 is 3.72. The zero-order valence-electron chi connectivity index (χ0n) is 20.4. The van der Waals surface area contributed by atoms with Gasteiger partial charge in [-0.2, -0.15) is 19.2 Å². The molecule has 194 valence electrons. The zero-order valence-corrected chi connectivity index (χ0v) is 23.6. The average Bonchev–Trinajstić information content (AvgIpc) is 3.69. The van der Waals surface area contributed by atoms with Crippen LogP contribution in [0.2, 0.25) is 10.0 Å². The van der Waals surface area contributed by atoms with Crippen LogP contribution >= 0.6 is 45.9 Å². The number of fused-ring (bicyclic) bond motifs is 2. The van der Waals surface area contributed by atoms with Crippen molar-refractivity contribution in [1.82, 2.24) is 39.6 Å². The van der Waals surface area contributed by atoms with Gasteiger partial charge in [-0.3, -0.25) is 0 Å². The highest BCUT2D eigenvalue weighted by molar-refractivity contribution is 7.20. The van der Waals surface area contributed by atoms with Crippen molar-refractivity contribution in [1.29, 1.82) is 0 Å². The van der Waals surface area contributed by atoms with E-state index in [1.165, 1.54) is 35.5 Å². The van der Waals surface area contributed by atoms with Gasteiger partial charge in [0, 0.05) is 24.0 Å².